The number of carbonyl (C=O) groups is 2. The molecule has 0 aliphatic carbocycles. The van der Waals surface area contributed by atoms with Gasteiger partial charge in [0.25, 0.3) is 11.7 Å². The lowest BCUT2D eigenvalue weighted by atomic mass is 9.95. The van der Waals surface area contributed by atoms with Crippen LogP contribution in [0.5, 0.6) is 0 Å². The van der Waals surface area contributed by atoms with Gasteiger partial charge in [0.05, 0.1) is 11.6 Å². The molecule has 2 aromatic rings. The Hall–Kier alpha value is -2.79. The fourth-order valence-corrected chi connectivity index (χ4v) is 3.65. The lowest BCUT2D eigenvalue weighted by Crippen LogP contribution is -2.33. The van der Waals surface area contributed by atoms with Crippen molar-refractivity contribution in [1.29, 1.82) is 0 Å². The van der Waals surface area contributed by atoms with Gasteiger partial charge in [0.2, 0.25) is 0 Å². The molecule has 6 heteroatoms. The molecule has 1 amide bonds. The summed E-state index contributed by atoms with van der Waals surface area (Å²) in [5.74, 6) is -1.27. The third-order valence-electron chi connectivity index (χ3n) is 4.94. The van der Waals surface area contributed by atoms with Crippen LogP contribution in [0.15, 0.2) is 54.1 Å². The number of nitrogens with zero attached hydrogens (tertiary/aromatic N) is 2. The van der Waals surface area contributed by atoms with E-state index >= 15 is 0 Å². The van der Waals surface area contributed by atoms with Crippen LogP contribution >= 0.6 is 11.6 Å². The predicted octanol–water partition coefficient (Wildman–Crippen LogP) is 4.48. The Morgan fingerprint density at radius 1 is 1.07 bits per heavy atom. The molecule has 1 heterocycles. The summed E-state index contributed by atoms with van der Waals surface area (Å²) < 4.78 is 0. The maximum atomic E-state index is 12.9. The molecule has 1 fully saturated rings. The highest BCUT2D eigenvalue weighted by Crippen LogP contribution is 2.40. The molecule has 1 N–H and O–H groups in total. The van der Waals surface area contributed by atoms with Gasteiger partial charge >= 0.3 is 0 Å². The van der Waals surface area contributed by atoms with E-state index in [2.05, 4.69) is 0 Å². The topological polar surface area (TPSA) is 60.9 Å². The quantitative estimate of drug-likeness (QED) is 0.446. The van der Waals surface area contributed by atoms with Crippen LogP contribution < -0.4 is 4.90 Å². The fraction of sp³-hybridized carbons (Fsp3) is 0.304. The van der Waals surface area contributed by atoms with Crippen molar-refractivity contribution in [2.45, 2.75) is 19.9 Å². The van der Waals surface area contributed by atoms with Crippen molar-refractivity contribution in [3.8, 4) is 0 Å². The molecule has 1 aliphatic rings. The molecule has 0 radical (unpaired) electrons. The van der Waals surface area contributed by atoms with Crippen LogP contribution in [-0.4, -0.2) is 42.3 Å². The van der Waals surface area contributed by atoms with Gasteiger partial charge in [-0.1, -0.05) is 37.6 Å². The summed E-state index contributed by atoms with van der Waals surface area (Å²) in [5, 5.41) is 11.5. The number of Topliss-reactive ketones (excluding diaryl/α,β-unsaturated/α-hetero) is 1. The summed E-state index contributed by atoms with van der Waals surface area (Å²) in [6.07, 6.45) is 0. The lowest BCUT2D eigenvalue weighted by molar-refractivity contribution is -0.140. The molecule has 152 valence electrons. The SMILES string of the molecule is CC(C)CN1C(=O)C(=O)C(=C(O)c2ccc(Cl)cc2)C1c1ccc(N(C)C)cc1. The highest BCUT2D eigenvalue weighted by atomic mass is 35.5. The van der Waals surface area contributed by atoms with Gasteiger partial charge in [-0.05, 0) is 47.9 Å². The minimum atomic E-state index is -0.667. The average molecular weight is 413 g/mol. The number of rotatable bonds is 5. The Labute approximate surface area is 176 Å². The number of halogens is 1. The van der Waals surface area contributed by atoms with Gasteiger partial charge in [0.1, 0.15) is 5.76 Å². The second kappa shape index (κ2) is 8.29. The average Bonchev–Trinajstić information content (AvgIpc) is 2.92. The van der Waals surface area contributed by atoms with E-state index in [1.165, 1.54) is 0 Å². The molecule has 0 bridgehead atoms. The smallest absolute Gasteiger partial charge is 0.295 e. The molecule has 1 saturated heterocycles. The number of anilines is 1. The van der Waals surface area contributed by atoms with Gasteiger partial charge in [-0.15, -0.1) is 0 Å². The van der Waals surface area contributed by atoms with Crippen molar-refractivity contribution in [3.63, 3.8) is 0 Å². The fourth-order valence-electron chi connectivity index (χ4n) is 3.53. The largest absolute Gasteiger partial charge is 0.507 e. The van der Waals surface area contributed by atoms with E-state index in [0.29, 0.717) is 17.1 Å². The number of hydrogen-bond donors (Lipinski definition) is 1. The lowest BCUT2D eigenvalue weighted by Gasteiger charge is -2.27. The maximum Gasteiger partial charge on any atom is 0.295 e. The van der Waals surface area contributed by atoms with Crippen molar-refractivity contribution in [2.24, 2.45) is 5.92 Å². The number of aliphatic hydroxyl groups excluding tert-OH is 1. The first-order valence-corrected chi connectivity index (χ1v) is 9.90. The van der Waals surface area contributed by atoms with Crippen LogP contribution in [0.1, 0.15) is 31.0 Å². The van der Waals surface area contributed by atoms with Crippen LogP contribution in [0.2, 0.25) is 5.02 Å². The normalized spacial score (nSPS) is 18.6. The van der Waals surface area contributed by atoms with Crippen molar-refractivity contribution < 1.29 is 14.7 Å². The predicted molar refractivity (Wildman–Crippen MR) is 116 cm³/mol. The van der Waals surface area contributed by atoms with Crippen LogP contribution in [0.25, 0.3) is 5.76 Å². The number of amides is 1. The molecule has 0 spiro atoms. The zero-order valence-electron chi connectivity index (χ0n) is 17.0. The van der Waals surface area contributed by atoms with Crippen LogP contribution in [0, 0.1) is 5.92 Å². The summed E-state index contributed by atoms with van der Waals surface area (Å²) in [7, 11) is 3.89. The van der Waals surface area contributed by atoms with Crippen molar-refractivity contribution in [2.75, 3.05) is 25.5 Å². The molecule has 5 nitrogen and oxygen atoms in total. The van der Waals surface area contributed by atoms with Gasteiger partial charge in [-0.3, -0.25) is 9.59 Å². The summed E-state index contributed by atoms with van der Waals surface area (Å²) in [6, 6.07) is 13.6. The van der Waals surface area contributed by atoms with Crippen LogP contribution in [-0.2, 0) is 9.59 Å². The number of carbonyl (C=O) groups excluding carboxylic acids is 2. The number of benzene rings is 2. The van der Waals surface area contributed by atoms with E-state index < -0.39 is 17.7 Å². The van der Waals surface area contributed by atoms with Crippen molar-refractivity contribution in [3.05, 3.63) is 70.3 Å². The van der Waals surface area contributed by atoms with Crippen LogP contribution in [0.4, 0.5) is 5.69 Å². The summed E-state index contributed by atoms with van der Waals surface area (Å²) in [4.78, 5) is 29.2. The zero-order valence-corrected chi connectivity index (χ0v) is 17.8. The molecule has 1 unspecified atom stereocenters. The maximum absolute atomic E-state index is 12.9. The third-order valence-corrected chi connectivity index (χ3v) is 5.20. The molecule has 1 aliphatic heterocycles. The molecule has 29 heavy (non-hydrogen) atoms. The summed E-state index contributed by atoms with van der Waals surface area (Å²) >= 11 is 5.94. The Morgan fingerprint density at radius 3 is 2.17 bits per heavy atom. The Balaban J connectivity index is 2.15. The molecule has 0 saturated carbocycles. The molecule has 3 rings (SSSR count). The number of likely N-dealkylation sites (tertiary alicyclic amines) is 1. The van der Waals surface area contributed by atoms with E-state index in [1.54, 1.807) is 29.2 Å². The summed E-state index contributed by atoms with van der Waals surface area (Å²) in [5.41, 5.74) is 2.35. The number of hydrogen-bond acceptors (Lipinski definition) is 4. The van der Waals surface area contributed by atoms with E-state index in [-0.39, 0.29) is 17.3 Å². The number of ketones is 1. The van der Waals surface area contributed by atoms with Gasteiger partial charge in [-0.2, -0.15) is 0 Å². The molecular weight excluding hydrogens is 388 g/mol. The minimum Gasteiger partial charge on any atom is -0.507 e. The van der Waals surface area contributed by atoms with E-state index in [1.807, 2.05) is 57.1 Å². The monoisotopic (exact) mass is 412 g/mol. The minimum absolute atomic E-state index is 0.107. The first-order chi connectivity index (χ1) is 13.7. The standard InChI is InChI=1S/C23H25ClN2O3/c1-14(2)13-26-20(15-7-11-18(12-8-15)25(3)4)19(22(28)23(26)29)21(27)16-5-9-17(24)10-6-16/h5-12,14,20,27H,13H2,1-4H3. The van der Waals surface area contributed by atoms with Crippen molar-refractivity contribution >= 4 is 34.7 Å². The zero-order chi connectivity index (χ0) is 21.3. The number of aliphatic hydroxyl groups is 1. The van der Waals surface area contributed by atoms with Gasteiger partial charge in [0.15, 0.2) is 0 Å². The van der Waals surface area contributed by atoms with E-state index in [0.717, 1.165) is 11.3 Å². The summed E-state index contributed by atoms with van der Waals surface area (Å²) in [6.45, 7) is 4.40. The molecular formula is C23H25ClN2O3. The Bertz CT molecular complexity index is 947. The Kier molecular flexibility index (Phi) is 5.99. The highest BCUT2D eigenvalue weighted by molar-refractivity contribution is 6.46. The van der Waals surface area contributed by atoms with Gasteiger partial charge in [-0.25, -0.2) is 0 Å². The van der Waals surface area contributed by atoms with E-state index in [9.17, 15) is 14.7 Å². The van der Waals surface area contributed by atoms with Crippen molar-refractivity contribution in [1.82, 2.24) is 4.90 Å². The van der Waals surface area contributed by atoms with Gasteiger partial charge < -0.3 is 14.9 Å². The van der Waals surface area contributed by atoms with Crippen LogP contribution in [0.3, 0.4) is 0 Å². The van der Waals surface area contributed by atoms with E-state index in [4.69, 9.17) is 11.6 Å². The molecule has 2 aromatic carbocycles. The molecule has 0 aromatic heterocycles. The van der Waals surface area contributed by atoms with Gasteiger partial charge in [0, 0.05) is 36.9 Å². The molecule has 1 atom stereocenters. The first-order valence-electron chi connectivity index (χ1n) is 9.52. The second-order valence-electron chi connectivity index (χ2n) is 7.84. The first kappa shape index (κ1) is 20.9. The second-order valence-corrected chi connectivity index (χ2v) is 8.27. The highest BCUT2D eigenvalue weighted by Gasteiger charge is 2.46. The third kappa shape index (κ3) is 4.15. The Morgan fingerprint density at radius 2 is 1.66 bits per heavy atom.